The number of nitrogens with zero attached hydrogens (tertiary/aromatic N) is 5. The van der Waals surface area contributed by atoms with Gasteiger partial charge in [0.25, 0.3) is 5.91 Å². The van der Waals surface area contributed by atoms with Crippen molar-refractivity contribution in [2.75, 3.05) is 50.8 Å². The number of nitrogens with one attached hydrogen (secondary N) is 1. The minimum absolute atomic E-state index is 0.0667. The third-order valence-corrected chi connectivity index (χ3v) is 9.13. The molecule has 46 heavy (non-hydrogen) atoms. The molecule has 3 N–H and O–H groups in total. The van der Waals surface area contributed by atoms with Gasteiger partial charge in [-0.05, 0) is 37.0 Å². The number of benzene rings is 2. The fourth-order valence-electron chi connectivity index (χ4n) is 5.61. The predicted octanol–water partition coefficient (Wildman–Crippen LogP) is 2.43. The zero-order valence-electron chi connectivity index (χ0n) is 25.9. The molecule has 3 heterocycles. The van der Waals surface area contributed by atoms with Crippen molar-refractivity contribution in [3.05, 3.63) is 71.9 Å². The molecular formula is C32H39N6O7P. The van der Waals surface area contributed by atoms with Gasteiger partial charge in [0.2, 0.25) is 5.91 Å². The van der Waals surface area contributed by atoms with Crippen LogP contribution in [0.15, 0.2) is 60.7 Å². The van der Waals surface area contributed by atoms with Crippen molar-refractivity contribution < 1.29 is 33.5 Å². The van der Waals surface area contributed by atoms with Crippen LogP contribution in [-0.2, 0) is 20.5 Å². The Balaban J connectivity index is 1.41. The zero-order valence-corrected chi connectivity index (χ0v) is 26.8. The summed E-state index contributed by atoms with van der Waals surface area (Å²) >= 11 is 0. The van der Waals surface area contributed by atoms with Crippen LogP contribution >= 0.6 is 7.60 Å². The second-order valence-electron chi connectivity index (χ2n) is 11.6. The number of aromatic nitrogens is 2. The van der Waals surface area contributed by atoms with E-state index in [1.54, 1.807) is 17.9 Å². The van der Waals surface area contributed by atoms with E-state index >= 15 is 0 Å². The average molecular weight is 651 g/mol. The first-order valence-electron chi connectivity index (χ1n) is 15.4. The van der Waals surface area contributed by atoms with Crippen molar-refractivity contribution in [2.24, 2.45) is 5.92 Å². The lowest BCUT2D eigenvalue weighted by Gasteiger charge is -2.36. The molecule has 2 aromatic carbocycles. The summed E-state index contributed by atoms with van der Waals surface area (Å²) in [5, 5.41) is 2.74. The summed E-state index contributed by atoms with van der Waals surface area (Å²) < 4.78 is 16.8. The normalized spacial score (nSPS) is 17.5. The van der Waals surface area contributed by atoms with E-state index in [0.29, 0.717) is 23.1 Å². The molecule has 0 saturated carbocycles. The number of hydrogen-bond acceptors (Lipinski definition) is 8. The Morgan fingerprint density at radius 3 is 2.26 bits per heavy atom. The summed E-state index contributed by atoms with van der Waals surface area (Å²) in [6, 6.07) is 15.7. The molecule has 1 aromatic heterocycles. The lowest BCUT2D eigenvalue weighted by molar-refractivity contribution is -0.134. The Morgan fingerprint density at radius 1 is 0.978 bits per heavy atom. The lowest BCUT2D eigenvalue weighted by atomic mass is 10.0. The molecule has 2 saturated heterocycles. The summed E-state index contributed by atoms with van der Waals surface area (Å²) in [5.74, 6) is 0.615. The van der Waals surface area contributed by atoms with Crippen LogP contribution < -0.4 is 15.5 Å². The Kier molecular flexibility index (Phi) is 10.4. The summed E-state index contributed by atoms with van der Waals surface area (Å²) in [6.07, 6.45) is 0.635. The number of ether oxygens (including phenoxy) is 1. The van der Waals surface area contributed by atoms with Crippen LogP contribution in [0, 0.1) is 5.92 Å². The maximum Gasteiger partial charge on any atom is 0.409 e. The third-order valence-electron chi connectivity index (χ3n) is 8.16. The zero-order chi connectivity index (χ0) is 32.8. The highest BCUT2D eigenvalue weighted by Gasteiger charge is 2.32. The topological polar surface area (TPSA) is 166 Å². The lowest BCUT2D eigenvalue weighted by Crippen LogP contribution is -2.56. The first kappa shape index (κ1) is 33.1. The Labute approximate surface area is 267 Å². The van der Waals surface area contributed by atoms with E-state index in [0.717, 1.165) is 25.1 Å². The third kappa shape index (κ3) is 8.09. The van der Waals surface area contributed by atoms with Crippen molar-refractivity contribution >= 4 is 36.6 Å². The Hall–Kier alpha value is -4.32. The van der Waals surface area contributed by atoms with Crippen molar-refractivity contribution in [3.63, 3.8) is 0 Å². The maximum atomic E-state index is 13.9. The van der Waals surface area contributed by atoms with Gasteiger partial charge in [0, 0.05) is 57.3 Å². The molecule has 2 aliphatic rings. The van der Waals surface area contributed by atoms with Crippen LogP contribution in [0.2, 0.25) is 0 Å². The van der Waals surface area contributed by atoms with Crippen molar-refractivity contribution in [1.82, 2.24) is 25.1 Å². The minimum atomic E-state index is -4.45. The SMILES string of the molecule is CCOC(=O)N1CCN(C(=O)[C@H](Cc2ccc(P(=O)(O)O)cc2)NC(=O)c2cc(N3CC[C@H](C)C3)nc(-c3ccccc3)n2)CC1. The predicted molar refractivity (Wildman–Crippen MR) is 172 cm³/mol. The van der Waals surface area contributed by atoms with Crippen LogP contribution in [-0.4, -0.2) is 99.4 Å². The summed E-state index contributed by atoms with van der Waals surface area (Å²) in [6.45, 7) is 6.83. The molecule has 2 atom stereocenters. The van der Waals surface area contributed by atoms with Crippen molar-refractivity contribution in [2.45, 2.75) is 32.7 Å². The summed E-state index contributed by atoms with van der Waals surface area (Å²) in [5.41, 5.74) is 1.47. The van der Waals surface area contributed by atoms with Crippen LogP contribution in [0.5, 0.6) is 0 Å². The first-order valence-corrected chi connectivity index (χ1v) is 17.0. The van der Waals surface area contributed by atoms with E-state index in [1.165, 1.54) is 29.2 Å². The molecule has 0 unspecified atom stereocenters. The van der Waals surface area contributed by atoms with Crippen LogP contribution in [0.4, 0.5) is 10.6 Å². The highest BCUT2D eigenvalue weighted by molar-refractivity contribution is 7.60. The number of piperazine rings is 1. The molecule has 244 valence electrons. The van der Waals surface area contributed by atoms with E-state index in [1.807, 2.05) is 30.3 Å². The Morgan fingerprint density at radius 2 is 1.65 bits per heavy atom. The smallest absolute Gasteiger partial charge is 0.409 e. The number of rotatable bonds is 9. The second kappa shape index (κ2) is 14.4. The number of amides is 3. The fourth-order valence-corrected chi connectivity index (χ4v) is 6.15. The first-order chi connectivity index (χ1) is 22.0. The minimum Gasteiger partial charge on any atom is -0.450 e. The molecular weight excluding hydrogens is 611 g/mol. The largest absolute Gasteiger partial charge is 0.450 e. The molecule has 0 radical (unpaired) electrons. The fraction of sp³-hybridized carbons (Fsp3) is 0.406. The van der Waals surface area contributed by atoms with E-state index in [4.69, 9.17) is 9.72 Å². The molecule has 3 amide bonds. The van der Waals surface area contributed by atoms with Gasteiger partial charge in [-0.25, -0.2) is 14.8 Å². The van der Waals surface area contributed by atoms with E-state index < -0.39 is 25.6 Å². The average Bonchev–Trinajstić information content (AvgIpc) is 3.50. The van der Waals surface area contributed by atoms with Crippen LogP contribution in [0.3, 0.4) is 0 Å². The van der Waals surface area contributed by atoms with Gasteiger partial charge in [-0.2, -0.15) is 0 Å². The van der Waals surface area contributed by atoms with Gasteiger partial charge < -0.3 is 34.5 Å². The molecule has 5 rings (SSSR count). The molecule has 2 aliphatic heterocycles. The standard InChI is InChI=1S/C32H39N6O7P/c1-3-45-32(41)37-17-15-36(16-18-37)31(40)27(19-23-9-11-25(12-10-23)46(42,43)44)34-30(39)26-20-28(38-14-13-22(2)21-38)35-29(33-26)24-7-5-4-6-8-24/h4-12,20,22,27H,3,13-19,21H2,1-2H3,(H,34,39)(H2,42,43,44)/t22-,27-/m0/s1. The van der Waals surface area contributed by atoms with Crippen molar-refractivity contribution in [1.29, 1.82) is 0 Å². The van der Waals surface area contributed by atoms with Gasteiger partial charge >= 0.3 is 13.7 Å². The number of carbonyl (C=O) groups is 3. The number of carbonyl (C=O) groups excluding carboxylic acids is 3. The molecule has 3 aromatic rings. The summed E-state index contributed by atoms with van der Waals surface area (Å²) in [7, 11) is -4.45. The highest BCUT2D eigenvalue weighted by atomic mass is 31.2. The van der Waals surface area contributed by atoms with Gasteiger partial charge in [0.1, 0.15) is 17.6 Å². The monoisotopic (exact) mass is 650 g/mol. The molecule has 14 heteroatoms. The number of hydrogen-bond donors (Lipinski definition) is 3. The van der Waals surface area contributed by atoms with E-state index in [-0.39, 0.29) is 56.1 Å². The van der Waals surface area contributed by atoms with Gasteiger partial charge in [-0.1, -0.05) is 49.4 Å². The second-order valence-corrected chi connectivity index (χ2v) is 13.2. The summed E-state index contributed by atoms with van der Waals surface area (Å²) in [4.78, 5) is 73.7. The van der Waals surface area contributed by atoms with E-state index in [9.17, 15) is 28.7 Å². The maximum absolute atomic E-state index is 13.9. The van der Waals surface area contributed by atoms with Gasteiger partial charge in [-0.15, -0.1) is 0 Å². The van der Waals surface area contributed by atoms with Crippen molar-refractivity contribution in [3.8, 4) is 11.4 Å². The molecule has 13 nitrogen and oxygen atoms in total. The molecule has 0 bridgehead atoms. The van der Waals surface area contributed by atoms with Gasteiger partial charge in [0.15, 0.2) is 5.82 Å². The van der Waals surface area contributed by atoms with Gasteiger partial charge in [-0.3, -0.25) is 14.2 Å². The number of anilines is 1. The van der Waals surface area contributed by atoms with Crippen LogP contribution in [0.25, 0.3) is 11.4 Å². The molecule has 2 fully saturated rings. The quantitative estimate of drug-likeness (QED) is 0.293. The molecule has 0 spiro atoms. The molecule has 0 aliphatic carbocycles. The van der Waals surface area contributed by atoms with Crippen LogP contribution in [0.1, 0.15) is 36.3 Å². The van der Waals surface area contributed by atoms with Gasteiger partial charge in [0.05, 0.1) is 11.9 Å². The van der Waals surface area contributed by atoms with E-state index in [2.05, 4.69) is 22.1 Å². The highest BCUT2D eigenvalue weighted by Crippen LogP contribution is 2.33. The Bertz CT molecular complexity index is 1590.